The first-order valence-corrected chi connectivity index (χ1v) is 10.2. The Balaban J connectivity index is 1.71. The molecule has 30 heavy (non-hydrogen) atoms. The minimum absolute atomic E-state index is 0.0605. The quantitative estimate of drug-likeness (QED) is 0.435. The van der Waals surface area contributed by atoms with E-state index in [1.54, 1.807) is 0 Å². The lowest BCUT2D eigenvalue weighted by molar-refractivity contribution is 0.399. The van der Waals surface area contributed by atoms with Gasteiger partial charge in [0.2, 0.25) is 5.88 Å². The Morgan fingerprint density at radius 1 is 0.967 bits per heavy atom. The van der Waals surface area contributed by atoms with Gasteiger partial charge in [0.15, 0.2) is 0 Å². The molecule has 6 nitrogen and oxygen atoms in total. The summed E-state index contributed by atoms with van der Waals surface area (Å²) in [6, 6.07) is 21.0. The molecule has 0 amide bonds. The summed E-state index contributed by atoms with van der Waals surface area (Å²) in [6.45, 7) is 0.230. The first-order chi connectivity index (χ1) is 14.5. The van der Waals surface area contributed by atoms with Gasteiger partial charge in [-0.2, -0.15) is 0 Å². The fourth-order valence-corrected chi connectivity index (χ4v) is 3.76. The molecule has 0 aliphatic heterocycles. The van der Waals surface area contributed by atoms with Gasteiger partial charge in [0.05, 0.1) is 5.69 Å². The molecule has 0 bridgehead atoms. The molecule has 7 heteroatoms. The highest BCUT2D eigenvalue weighted by Gasteiger charge is 2.13. The summed E-state index contributed by atoms with van der Waals surface area (Å²) in [5, 5.41) is 12.5. The normalized spacial score (nSPS) is 11.4. The minimum atomic E-state index is -0.682. The van der Waals surface area contributed by atoms with Crippen LogP contribution < -0.4 is 11.2 Å². The number of aromatic amines is 1. The van der Waals surface area contributed by atoms with Crippen molar-refractivity contribution in [3.63, 3.8) is 0 Å². The molecule has 150 valence electrons. The van der Waals surface area contributed by atoms with Crippen molar-refractivity contribution in [3.8, 4) is 5.88 Å². The van der Waals surface area contributed by atoms with Crippen LogP contribution in [0.4, 0.5) is 5.69 Å². The van der Waals surface area contributed by atoms with Gasteiger partial charge in [0.25, 0.3) is 5.56 Å². The average molecular weight is 464 g/mol. The maximum Gasteiger partial charge on any atom is 0.331 e. The number of benzene rings is 3. The Hall–Kier alpha value is -3.45. The molecule has 1 heterocycles. The van der Waals surface area contributed by atoms with Crippen molar-refractivity contribution in [2.24, 2.45) is 4.99 Å². The number of aliphatic imine (C=N–C) groups is 1. The molecule has 1 aromatic heterocycles. The zero-order valence-electron chi connectivity index (χ0n) is 15.9. The van der Waals surface area contributed by atoms with Crippen LogP contribution >= 0.6 is 15.9 Å². The van der Waals surface area contributed by atoms with Crippen LogP contribution in [0, 0.1) is 0 Å². The molecule has 0 fully saturated rings. The molecule has 0 atom stereocenters. The van der Waals surface area contributed by atoms with Gasteiger partial charge < -0.3 is 5.11 Å². The van der Waals surface area contributed by atoms with Crippen molar-refractivity contribution in [3.05, 3.63) is 103 Å². The van der Waals surface area contributed by atoms with Crippen molar-refractivity contribution in [2.75, 3.05) is 0 Å². The molecular weight excluding hydrogens is 446 g/mol. The lowest BCUT2D eigenvalue weighted by Crippen LogP contribution is -2.32. The van der Waals surface area contributed by atoms with E-state index in [9.17, 15) is 14.7 Å². The maximum absolute atomic E-state index is 12.3. The van der Waals surface area contributed by atoms with Crippen LogP contribution in [-0.4, -0.2) is 20.9 Å². The van der Waals surface area contributed by atoms with Crippen molar-refractivity contribution in [1.82, 2.24) is 9.55 Å². The van der Waals surface area contributed by atoms with E-state index in [0.29, 0.717) is 12.1 Å². The number of aromatic hydroxyl groups is 1. The van der Waals surface area contributed by atoms with E-state index >= 15 is 0 Å². The van der Waals surface area contributed by atoms with E-state index < -0.39 is 17.1 Å². The number of hydrogen-bond donors (Lipinski definition) is 2. The lowest BCUT2D eigenvalue weighted by atomic mass is 10.1. The summed E-state index contributed by atoms with van der Waals surface area (Å²) in [6.07, 6.45) is 1.83. The molecule has 4 aromatic rings. The molecule has 3 aromatic carbocycles. The van der Waals surface area contributed by atoms with Crippen molar-refractivity contribution >= 4 is 38.6 Å². The second kappa shape index (κ2) is 8.51. The number of rotatable bonds is 5. The Morgan fingerprint density at radius 3 is 2.43 bits per heavy atom. The van der Waals surface area contributed by atoms with Gasteiger partial charge in [-0.15, -0.1) is 0 Å². The predicted molar refractivity (Wildman–Crippen MR) is 122 cm³/mol. The van der Waals surface area contributed by atoms with Gasteiger partial charge in [0, 0.05) is 22.6 Å². The second-order valence-electron chi connectivity index (χ2n) is 6.75. The van der Waals surface area contributed by atoms with Crippen LogP contribution in [-0.2, 0) is 13.0 Å². The van der Waals surface area contributed by atoms with Crippen molar-refractivity contribution in [1.29, 1.82) is 0 Å². The number of H-pyrrole nitrogens is 1. The third-order valence-electron chi connectivity index (χ3n) is 4.85. The standard InChI is InChI=1S/C23H18BrN3O3/c24-19-10-11-20(17-9-5-4-8-16(17)19)25-14-18-21(28)26-23(30)27(22(18)29)13-12-15-6-2-1-3-7-15/h1-11,14,29H,12-13H2,(H,26,28,30). The smallest absolute Gasteiger partial charge is 0.331 e. The summed E-state index contributed by atoms with van der Waals surface area (Å²) in [5.74, 6) is -0.398. The number of hydrogen-bond acceptors (Lipinski definition) is 4. The molecule has 4 rings (SSSR count). The molecule has 0 unspecified atom stereocenters. The SMILES string of the molecule is O=c1[nH]c(=O)n(CCc2ccccc2)c(O)c1C=Nc1ccc(Br)c2ccccc12. The number of aromatic nitrogens is 2. The van der Waals surface area contributed by atoms with Gasteiger partial charge >= 0.3 is 5.69 Å². The van der Waals surface area contributed by atoms with Gasteiger partial charge in [0.1, 0.15) is 5.56 Å². The molecule has 0 aliphatic rings. The zero-order valence-corrected chi connectivity index (χ0v) is 17.5. The highest BCUT2D eigenvalue weighted by molar-refractivity contribution is 9.10. The minimum Gasteiger partial charge on any atom is -0.494 e. The Labute approximate surface area is 180 Å². The highest BCUT2D eigenvalue weighted by Crippen LogP contribution is 2.31. The third kappa shape index (κ3) is 3.97. The fourth-order valence-electron chi connectivity index (χ4n) is 3.28. The third-order valence-corrected chi connectivity index (χ3v) is 5.55. The second-order valence-corrected chi connectivity index (χ2v) is 7.61. The average Bonchev–Trinajstić information content (AvgIpc) is 2.75. The lowest BCUT2D eigenvalue weighted by Gasteiger charge is -2.10. The Morgan fingerprint density at radius 2 is 1.67 bits per heavy atom. The number of halogens is 1. The summed E-state index contributed by atoms with van der Waals surface area (Å²) in [4.78, 5) is 31.2. The van der Waals surface area contributed by atoms with E-state index in [1.807, 2.05) is 66.7 Å². The van der Waals surface area contributed by atoms with Gasteiger partial charge in [-0.1, -0.05) is 70.5 Å². The van der Waals surface area contributed by atoms with Crippen LogP contribution in [0.5, 0.6) is 5.88 Å². The van der Waals surface area contributed by atoms with Crippen LogP contribution in [0.25, 0.3) is 10.8 Å². The molecule has 0 spiro atoms. The topological polar surface area (TPSA) is 87.5 Å². The first-order valence-electron chi connectivity index (χ1n) is 9.36. The predicted octanol–water partition coefficient (Wildman–Crippen LogP) is 4.15. The van der Waals surface area contributed by atoms with Gasteiger partial charge in [-0.25, -0.2) is 4.79 Å². The molecule has 0 saturated carbocycles. The van der Waals surface area contributed by atoms with E-state index in [1.165, 1.54) is 6.21 Å². The van der Waals surface area contributed by atoms with E-state index in [0.717, 1.165) is 25.4 Å². The first kappa shape index (κ1) is 19.8. The van der Waals surface area contributed by atoms with Crippen LogP contribution in [0.3, 0.4) is 0 Å². The van der Waals surface area contributed by atoms with Crippen molar-refractivity contribution in [2.45, 2.75) is 13.0 Å². The summed E-state index contributed by atoms with van der Waals surface area (Å²) < 4.78 is 2.09. The van der Waals surface area contributed by atoms with Crippen LogP contribution in [0.1, 0.15) is 11.1 Å². The number of nitrogens with zero attached hydrogens (tertiary/aromatic N) is 2. The number of aryl methyl sites for hydroxylation is 1. The van der Waals surface area contributed by atoms with E-state index in [2.05, 4.69) is 25.9 Å². The molecule has 2 N–H and O–H groups in total. The van der Waals surface area contributed by atoms with Crippen LogP contribution in [0.15, 0.2) is 85.8 Å². The van der Waals surface area contributed by atoms with E-state index in [-0.39, 0.29) is 12.1 Å². The summed E-state index contributed by atoms with van der Waals surface area (Å²) in [5.41, 5.74) is 0.272. The molecular formula is C23H18BrN3O3. The summed E-state index contributed by atoms with van der Waals surface area (Å²) in [7, 11) is 0. The Bertz CT molecular complexity index is 1360. The molecule has 0 radical (unpaired) electrons. The van der Waals surface area contributed by atoms with Gasteiger partial charge in [-0.3, -0.25) is 19.3 Å². The largest absolute Gasteiger partial charge is 0.494 e. The zero-order chi connectivity index (χ0) is 21.1. The Kier molecular flexibility index (Phi) is 5.63. The summed E-state index contributed by atoms with van der Waals surface area (Å²) >= 11 is 3.52. The fraction of sp³-hybridized carbons (Fsp3) is 0.0870. The van der Waals surface area contributed by atoms with Crippen molar-refractivity contribution < 1.29 is 5.11 Å². The maximum atomic E-state index is 12.3. The highest BCUT2D eigenvalue weighted by atomic mass is 79.9. The van der Waals surface area contributed by atoms with Gasteiger partial charge in [-0.05, 0) is 29.5 Å². The monoisotopic (exact) mass is 463 g/mol. The van der Waals surface area contributed by atoms with E-state index in [4.69, 9.17) is 0 Å². The van der Waals surface area contributed by atoms with Crippen LogP contribution in [0.2, 0.25) is 0 Å². The molecule has 0 aliphatic carbocycles. The number of fused-ring (bicyclic) bond motifs is 1. The number of nitrogens with one attached hydrogen (secondary N) is 1. The molecule has 0 saturated heterocycles.